The Labute approximate surface area is 155 Å². The third-order valence-electron chi connectivity index (χ3n) is 3.70. The van der Waals surface area contributed by atoms with Crippen LogP contribution in [0.25, 0.3) is 0 Å². The minimum Gasteiger partial charge on any atom is -0.496 e. The summed E-state index contributed by atoms with van der Waals surface area (Å²) in [5.41, 5.74) is 1.03. The first kappa shape index (κ1) is 19.4. The summed E-state index contributed by atoms with van der Waals surface area (Å²) in [6.07, 6.45) is 5.08. The van der Waals surface area contributed by atoms with E-state index in [1.807, 2.05) is 18.2 Å². The van der Waals surface area contributed by atoms with Crippen molar-refractivity contribution in [2.45, 2.75) is 45.2 Å². The first-order valence-corrected chi connectivity index (χ1v) is 7.98. The SMILES string of the molecule is CCNC(=NCc1ccc(Cl)cc1OC)NC1CCCC1.I. The molecule has 0 amide bonds. The van der Waals surface area contributed by atoms with E-state index in [9.17, 15) is 0 Å². The van der Waals surface area contributed by atoms with Crippen LogP contribution in [-0.4, -0.2) is 25.7 Å². The van der Waals surface area contributed by atoms with Crippen LogP contribution in [0.3, 0.4) is 0 Å². The number of rotatable bonds is 5. The van der Waals surface area contributed by atoms with Crippen LogP contribution in [0.4, 0.5) is 0 Å². The van der Waals surface area contributed by atoms with Crippen LogP contribution in [-0.2, 0) is 6.54 Å². The van der Waals surface area contributed by atoms with Gasteiger partial charge in [-0.05, 0) is 31.9 Å². The van der Waals surface area contributed by atoms with Gasteiger partial charge in [0.05, 0.1) is 13.7 Å². The lowest BCUT2D eigenvalue weighted by Gasteiger charge is -2.17. The molecule has 0 unspecified atom stereocenters. The fraction of sp³-hybridized carbons (Fsp3) is 0.562. The largest absolute Gasteiger partial charge is 0.496 e. The van der Waals surface area contributed by atoms with Crippen molar-refractivity contribution in [1.29, 1.82) is 0 Å². The summed E-state index contributed by atoms with van der Waals surface area (Å²) in [6.45, 7) is 3.51. The number of nitrogens with one attached hydrogen (secondary N) is 2. The second-order valence-corrected chi connectivity index (χ2v) is 5.71. The molecule has 0 heterocycles. The average molecular weight is 438 g/mol. The Hall–Kier alpha value is -0.690. The Kier molecular flexibility index (Phi) is 8.93. The maximum absolute atomic E-state index is 5.98. The number of benzene rings is 1. The fourth-order valence-corrected chi connectivity index (χ4v) is 2.76. The second kappa shape index (κ2) is 10.2. The highest BCUT2D eigenvalue weighted by Gasteiger charge is 2.15. The maximum atomic E-state index is 5.98. The summed E-state index contributed by atoms with van der Waals surface area (Å²) in [6, 6.07) is 6.20. The highest BCUT2D eigenvalue weighted by molar-refractivity contribution is 14.0. The number of hydrogen-bond acceptors (Lipinski definition) is 2. The van der Waals surface area contributed by atoms with E-state index < -0.39 is 0 Å². The molecule has 1 saturated carbocycles. The van der Waals surface area contributed by atoms with Gasteiger partial charge >= 0.3 is 0 Å². The molecule has 2 N–H and O–H groups in total. The Morgan fingerprint density at radius 2 is 2.09 bits per heavy atom. The van der Waals surface area contributed by atoms with Gasteiger partial charge in [0, 0.05) is 23.2 Å². The lowest BCUT2D eigenvalue weighted by molar-refractivity contribution is 0.410. The molecule has 0 saturated heterocycles. The minimum absolute atomic E-state index is 0. The molecule has 124 valence electrons. The smallest absolute Gasteiger partial charge is 0.191 e. The molecule has 1 aromatic rings. The molecule has 4 nitrogen and oxygen atoms in total. The van der Waals surface area contributed by atoms with E-state index in [1.54, 1.807) is 7.11 Å². The number of hydrogen-bond donors (Lipinski definition) is 2. The van der Waals surface area contributed by atoms with E-state index in [-0.39, 0.29) is 24.0 Å². The van der Waals surface area contributed by atoms with E-state index in [1.165, 1.54) is 25.7 Å². The third kappa shape index (κ3) is 5.83. The molecule has 22 heavy (non-hydrogen) atoms. The van der Waals surface area contributed by atoms with Gasteiger partial charge in [-0.15, -0.1) is 24.0 Å². The summed E-state index contributed by atoms with van der Waals surface area (Å²) in [7, 11) is 1.65. The summed E-state index contributed by atoms with van der Waals surface area (Å²) in [4.78, 5) is 4.66. The lowest BCUT2D eigenvalue weighted by atomic mass is 10.2. The van der Waals surface area contributed by atoms with Crippen molar-refractivity contribution in [2.24, 2.45) is 4.99 Å². The van der Waals surface area contributed by atoms with Crippen LogP contribution in [0, 0.1) is 0 Å². The van der Waals surface area contributed by atoms with Gasteiger partial charge < -0.3 is 15.4 Å². The van der Waals surface area contributed by atoms with Crippen LogP contribution in [0.1, 0.15) is 38.2 Å². The number of ether oxygens (including phenoxy) is 1. The quantitative estimate of drug-likeness (QED) is 0.416. The van der Waals surface area contributed by atoms with Crippen LogP contribution >= 0.6 is 35.6 Å². The normalized spacial score (nSPS) is 15.3. The van der Waals surface area contributed by atoms with Gasteiger partial charge in [-0.2, -0.15) is 0 Å². The van der Waals surface area contributed by atoms with Crippen LogP contribution in [0.5, 0.6) is 5.75 Å². The second-order valence-electron chi connectivity index (χ2n) is 5.28. The predicted molar refractivity (Wildman–Crippen MR) is 104 cm³/mol. The van der Waals surface area contributed by atoms with Crippen molar-refractivity contribution in [1.82, 2.24) is 10.6 Å². The minimum atomic E-state index is 0. The molecule has 0 radical (unpaired) electrons. The predicted octanol–water partition coefficient (Wildman–Crippen LogP) is 3.96. The van der Waals surface area contributed by atoms with Crippen molar-refractivity contribution in [3.05, 3.63) is 28.8 Å². The molecule has 1 aliphatic rings. The van der Waals surface area contributed by atoms with Crippen LogP contribution in [0.2, 0.25) is 5.02 Å². The first-order chi connectivity index (χ1) is 10.2. The summed E-state index contributed by atoms with van der Waals surface area (Å²) in [5, 5.41) is 7.49. The molecule has 6 heteroatoms. The first-order valence-electron chi connectivity index (χ1n) is 7.60. The molecule has 0 bridgehead atoms. The van der Waals surface area contributed by atoms with Gasteiger partial charge in [0.15, 0.2) is 5.96 Å². The van der Waals surface area contributed by atoms with Crippen molar-refractivity contribution in [2.75, 3.05) is 13.7 Å². The highest BCUT2D eigenvalue weighted by Crippen LogP contribution is 2.23. The molecule has 0 spiro atoms. The molecular formula is C16H25ClIN3O. The molecule has 1 aromatic carbocycles. The van der Waals surface area contributed by atoms with Gasteiger partial charge in [0.25, 0.3) is 0 Å². The average Bonchev–Trinajstić information content (AvgIpc) is 2.98. The summed E-state index contributed by atoms with van der Waals surface area (Å²) >= 11 is 5.98. The number of methoxy groups -OCH3 is 1. The molecule has 1 aliphatic carbocycles. The number of nitrogens with zero attached hydrogens (tertiary/aromatic N) is 1. The van der Waals surface area contributed by atoms with Crippen LogP contribution < -0.4 is 15.4 Å². The number of halogens is 2. The fourth-order valence-electron chi connectivity index (χ4n) is 2.60. The molecule has 0 atom stereocenters. The summed E-state index contributed by atoms with van der Waals surface area (Å²) < 4.78 is 5.36. The number of guanidine groups is 1. The van der Waals surface area contributed by atoms with Crippen molar-refractivity contribution >= 4 is 41.5 Å². The van der Waals surface area contributed by atoms with E-state index in [0.29, 0.717) is 17.6 Å². The zero-order valence-electron chi connectivity index (χ0n) is 13.2. The van der Waals surface area contributed by atoms with E-state index in [2.05, 4.69) is 22.5 Å². The van der Waals surface area contributed by atoms with E-state index >= 15 is 0 Å². The summed E-state index contributed by atoms with van der Waals surface area (Å²) in [5.74, 6) is 1.66. The zero-order chi connectivity index (χ0) is 15.1. The Bertz CT molecular complexity index is 490. The van der Waals surface area contributed by atoms with E-state index in [4.69, 9.17) is 16.3 Å². The highest BCUT2D eigenvalue weighted by atomic mass is 127. The topological polar surface area (TPSA) is 45.7 Å². The van der Waals surface area contributed by atoms with Gasteiger partial charge in [0.2, 0.25) is 0 Å². The van der Waals surface area contributed by atoms with Gasteiger partial charge in [-0.25, -0.2) is 4.99 Å². The number of aliphatic imine (C=N–C) groups is 1. The van der Waals surface area contributed by atoms with Crippen molar-refractivity contribution in [3.8, 4) is 5.75 Å². The van der Waals surface area contributed by atoms with Gasteiger partial charge in [0.1, 0.15) is 5.75 Å². The monoisotopic (exact) mass is 437 g/mol. The third-order valence-corrected chi connectivity index (χ3v) is 3.93. The Balaban J connectivity index is 0.00000242. The van der Waals surface area contributed by atoms with E-state index in [0.717, 1.165) is 23.8 Å². The van der Waals surface area contributed by atoms with Crippen molar-refractivity contribution < 1.29 is 4.74 Å². The van der Waals surface area contributed by atoms with Crippen LogP contribution in [0.15, 0.2) is 23.2 Å². The Morgan fingerprint density at radius 1 is 1.36 bits per heavy atom. The Morgan fingerprint density at radius 3 is 2.73 bits per heavy atom. The maximum Gasteiger partial charge on any atom is 0.191 e. The standard InChI is InChI=1S/C16H24ClN3O.HI/c1-3-18-16(20-14-6-4-5-7-14)19-11-12-8-9-13(17)10-15(12)21-2;/h8-10,14H,3-7,11H2,1-2H3,(H2,18,19,20);1H. The molecular weight excluding hydrogens is 413 g/mol. The zero-order valence-corrected chi connectivity index (χ0v) is 16.3. The van der Waals surface area contributed by atoms with Gasteiger partial charge in [-0.1, -0.05) is 30.5 Å². The molecule has 2 rings (SSSR count). The molecule has 1 fully saturated rings. The molecule has 0 aliphatic heterocycles. The van der Waals surface area contributed by atoms with Gasteiger partial charge in [-0.3, -0.25) is 0 Å². The van der Waals surface area contributed by atoms with Crippen molar-refractivity contribution in [3.63, 3.8) is 0 Å². The molecule has 0 aromatic heterocycles. The lowest BCUT2D eigenvalue weighted by Crippen LogP contribution is -2.42.